The van der Waals surface area contributed by atoms with E-state index in [1.165, 1.54) is 6.92 Å². The summed E-state index contributed by atoms with van der Waals surface area (Å²) in [4.78, 5) is 23.7. The molecule has 1 aliphatic heterocycles. The molecule has 28 heavy (non-hydrogen) atoms. The first-order chi connectivity index (χ1) is 13.1. The zero-order valence-corrected chi connectivity index (χ0v) is 17.1. The standard InChI is InChI=1S/C22H33NO5/c1-11(24)27-16-5-4-14-12-6-9-22-18(28-22)17(25)13(19(23)26)10-21(22,3)15(12)7-8-20(14,16)2/h12-18,25H,4-10H2,1-3H3,(H2,23,26)/t12-,13-,14-,15-,16-,17-,18+,20-,21+,22+/m0/s1. The van der Waals surface area contributed by atoms with E-state index in [-0.39, 0.29) is 34.6 Å². The smallest absolute Gasteiger partial charge is 0.302 e. The second-order valence-corrected chi connectivity index (χ2v) is 10.7. The number of nitrogens with two attached hydrogens (primary N) is 1. The summed E-state index contributed by atoms with van der Waals surface area (Å²) in [5, 5.41) is 10.6. The van der Waals surface area contributed by atoms with Crippen molar-refractivity contribution in [3.05, 3.63) is 0 Å². The molecule has 5 aliphatic rings. The molecule has 0 unspecified atom stereocenters. The summed E-state index contributed by atoms with van der Waals surface area (Å²) >= 11 is 0. The Hall–Kier alpha value is -1.14. The number of aliphatic hydroxyl groups excluding tert-OH is 1. The summed E-state index contributed by atoms with van der Waals surface area (Å²) in [6.07, 6.45) is 5.83. The molecule has 5 fully saturated rings. The van der Waals surface area contributed by atoms with E-state index in [0.717, 1.165) is 38.5 Å². The average molecular weight is 392 g/mol. The number of hydrogen-bond acceptors (Lipinski definition) is 5. The number of amides is 1. The minimum absolute atomic E-state index is 0.0242. The molecule has 0 aromatic rings. The molecule has 6 heteroatoms. The molecule has 0 aromatic heterocycles. The fraction of sp³-hybridized carbons (Fsp3) is 0.909. The SMILES string of the molecule is CC(=O)O[C@H]1CC[C@H]2[C@@H]3CC[C@@]45O[C@@H]4[C@@H](O)[C@@H](C(N)=O)C[C@]5(C)[C@H]3CC[C@]12C. The Labute approximate surface area is 166 Å². The van der Waals surface area contributed by atoms with E-state index in [1.807, 2.05) is 0 Å². The quantitative estimate of drug-likeness (QED) is 0.555. The lowest BCUT2D eigenvalue weighted by molar-refractivity contribution is -0.164. The molecule has 0 radical (unpaired) electrons. The van der Waals surface area contributed by atoms with E-state index >= 15 is 0 Å². The number of fused-ring (bicyclic) bond motifs is 4. The van der Waals surface area contributed by atoms with Crippen LogP contribution in [0.5, 0.6) is 0 Å². The highest BCUT2D eigenvalue weighted by Crippen LogP contribution is 2.73. The van der Waals surface area contributed by atoms with Gasteiger partial charge in [-0.05, 0) is 62.7 Å². The fourth-order valence-corrected chi connectivity index (χ4v) is 8.39. The molecule has 1 amide bonds. The van der Waals surface area contributed by atoms with Crippen LogP contribution in [0.3, 0.4) is 0 Å². The minimum Gasteiger partial charge on any atom is -0.462 e. The van der Waals surface area contributed by atoms with Crippen molar-refractivity contribution in [2.24, 2.45) is 40.2 Å². The zero-order chi connectivity index (χ0) is 20.1. The predicted octanol–water partition coefficient (Wildman–Crippen LogP) is 2.16. The number of rotatable bonds is 2. The molecule has 4 saturated carbocycles. The van der Waals surface area contributed by atoms with Crippen molar-refractivity contribution >= 4 is 11.9 Å². The summed E-state index contributed by atoms with van der Waals surface area (Å²) < 4.78 is 11.9. The minimum atomic E-state index is -0.768. The van der Waals surface area contributed by atoms with Crippen LogP contribution >= 0.6 is 0 Å². The molecule has 1 heterocycles. The highest BCUT2D eigenvalue weighted by molar-refractivity contribution is 5.78. The molecule has 0 aromatic carbocycles. The van der Waals surface area contributed by atoms with Crippen molar-refractivity contribution < 1.29 is 24.2 Å². The van der Waals surface area contributed by atoms with Gasteiger partial charge in [0.25, 0.3) is 0 Å². The summed E-state index contributed by atoms with van der Waals surface area (Å²) in [5.74, 6) is 0.467. The Morgan fingerprint density at radius 1 is 1.11 bits per heavy atom. The molecule has 1 saturated heterocycles. The molecule has 156 valence electrons. The van der Waals surface area contributed by atoms with Gasteiger partial charge in [-0.2, -0.15) is 0 Å². The van der Waals surface area contributed by atoms with E-state index in [2.05, 4.69) is 13.8 Å². The molecule has 0 bridgehead atoms. The first kappa shape index (κ1) is 18.9. The van der Waals surface area contributed by atoms with Crippen LogP contribution in [0.15, 0.2) is 0 Å². The Bertz CT molecular complexity index is 726. The van der Waals surface area contributed by atoms with E-state index in [1.54, 1.807) is 0 Å². The number of carbonyl (C=O) groups excluding carboxylic acids is 2. The Morgan fingerprint density at radius 2 is 1.86 bits per heavy atom. The number of epoxide rings is 1. The average Bonchev–Trinajstić information content (AvgIpc) is 3.28. The van der Waals surface area contributed by atoms with Crippen molar-refractivity contribution in [2.45, 2.75) is 89.6 Å². The molecular formula is C22H33NO5. The Kier molecular flexibility index (Phi) is 3.85. The van der Waals surface area contributed by atoms with Crippen LogP contribution in [-0.2, 0) is 19.1 Å². The van der Waals surface area contributed by atoms with Crippen LogP contribution in [0.1, 0.15) is 65.7 Å². The number of hydrogen-bond donors (Lipinski definition) is 2. The van der Waals surface area contributed by atoms with Crippen LogP contribution in [0.4, 0.5) is 0 Å². The van der Waals surface area contributed by atoms with Gasteiger partial charge in [0.1, 0.15) is 17.8 Å². The fourth-order valence-electron chi connectivity index (χ4n) is 8.39. The van der Waals surface area contributed by atoms with Gasteiger partial charge in [0.05, 0.1) is 12.0 Å². The number of primary amides is 1. The maximum atomic E-state index is 12.0. The normalized spacial score (nSPS) is 56.6. The lowest BCUT2D eigenvalue weighted by Gasteiger charge is -2.60. The number of ether oxygens (including phenoxy) is 2. The van der Waals surface area contributed by atoms with Crippen LogP contribution < -0.4 is 5.73 Å². The summed E-state index contributed by atoms with van der Waals surface area (Å²) in [7, 11) is 0. The first-order valence-corrected chi connectivity index (χ1v) is 11.0. The molecule has 3 N–H and O–H groups in total. The predicted molar refractivity (Wildman–Crippen MR) is 101 cm³/mol. The molecule has 5 rings (SSSR count). The Morgan fingerprint density at radius 3 is 2.54 bits per heavy atom. The van der Waals surface area contributed by atoms with Gasteiger partial charge < -0.3 is 20.3 Å². The van der Waals surface area contributed by atoms with Gasteiger partial charge in [0.2, 0.25) is 5.91 Å². The van der Waals surface area contributed by atoms with Crippen molar-refractivity contribution in [2.75, 3.05) is 0 Å². The number of esters is 1. The van der Waals surface area contributed by atoms with E-state index < -0.39 is 17.9 Å². The molecule has 6 nitrogen and oxygen atoms in total. The zero-order valence-electron chi connectivity index (χ0n) is 17.1. The van der Waals surface area contributed by atoms with Gasteiger partial charge in [-0.15, -0.1) is 0 Å². The molecule has 10 atom stereocenters. The second-order valence-electron chi connectivity index (χ2n) is 10.7. The maximum Gasteiger partial charge on any atom is 0.302 e. The third-order valence-corrected chi connectivity index (χ3v) is 9.76. The third-order valence-electron chi connectivity index (χ3n) is 9.76. The molecule has 1 spiro atoms. The van der Waals surface area contributed by atoms with Gasteiger partial charge in [-0.1, -0.05) is 13.8 Å². The first-order valence-electron chi connectivity index (χ1n) is 11.0. The van der Waals surface area contributed by atoms with E-state index in [9.17, 15) is 14.7 Å². The lowest BCUT2D eigenvalue weighted by Crippen LogP contribution is -2.61. The van der Waals surface area contributed by atoms with E-state index in [4.69, 9.17) is 15.2 Å². The van der Waals surface area contributed by atoms with Gasteiger partial charge in [0, 0.05) is 17.8 Å². The van der Waals surface area contributed by atoms with Crippen molar-refractivity contribution in [1.82, 2.24) is 0 Å². The largest absolute Gasteiger partial charge is 0.462 e. The maximum absolute atomic E-state index is 12.0. The van der Waals surface area contributed by atoms with Crippen LogP contribution in [0, 0.1) is 34.5 Å². The molecule has 4 aliphatic carbocycles. The van der Waals surface area contributed by atoms with Crippen molar-refractivity contribution in [3.8, 4) is 0 Å². The third kappa shape index (κ3) is 2.16. The van der Waals surface area contributed by atoms with Gasteiger partial charge >= 0.3 is 5.97 Å². The summed E-state index contributed by atoms with van der Waals surface area (Å²) in [5.41, 5.74) is 5.30. The highest BCUT2D eigenvalue weighted by atomic mass is 16.6. The van der Waals surface area contributed by atoms with Crippen LogP contribution in [0.2, 0.25) is 0 Å². The van der Waals surface area contributed by atoms with Crippen LogP contribution in [0.25, 0.3) is 0 Å². The number of carbonyl (C=O) groups is 2. The van der Waals surface area contributed by atoms with Gasteiger partial charge in [-0.25, -0.2) is 0 Å². The topological polar surface area (TPSA) is 102 Å². The Balaban J connectivity index is 1.45. The second kappa shape index (κ2) is 5.72. The summed E-state index contributed by atoms with van der Waals surface area (Å²) in [6, 6.07) is 0. The summed E-state index contributed by atoms with van der Waals surface area (Å²) in [6.45, 7) is 6.11. The van der Waals surface area contributed by atoms with Crippen molar-refractivity contribution in [1.29, 1.82) is 0 Å². The lowest BCUT2D eigenvalue weighted by atomic mass is 9.44. The van der Waals surface area contributed by atoms with Gasteiger partial charge in [0.15, 0.2) is 0 Å². The highest BCUT2D eigenvalue weighted by Gasteiger charge is 2.78. The monoisotopic (exact) mass is 391 g/mol. The molecular weight excluding hydrogens is 358 g/mol. The van der Waals surface area contributed by atoms with Crippen LogP contribution in [-0.4, -0.2) is 40.9 Å². The van der Waals surface area contributed by atoms with Crippen molar-refractivity contribution in [3.63, 3.8) is 0 Å². The van der Waals surface area contributed by atoms with E-state index in [0.29, 0.717) is 24.2 Å². The van der Waals surface area contributed by atoms with Gasteiger partial charge in [-0.3, -0.25) is 9.59 Å². The number of aliphatic hydroxyl groups is 1.